The van der Waals surface area contributed by atoms with Gasteiger partial charge in [0.15, 0.2) is 9.84 Å². The van der Waals surface area contributed by atoms with Crippen LogP contribution >= 0.6 is 0 Å². The molecule has 0 unspecified atom stereocenters. The van der Waals surface area contributed by atoms with Gasteiger partial charge in [0.2, 0.25) is 5.91 Å². The van der Waals surface area contributed by atoms with Crippen LogP contribution in [0.2, 0.25) is 0 Å². The molecule has 0 saturated heterocycles. The average molecular weight is 297 g/mol. The first-order chi connectivity index (χ1) is 9.13. The molecule has 0 spiro atoms. The molecule has 0 aliphatic carbocycles. The monoisotopic (exact) mass is 297 g/mol. The third kappa shape index (κ3) is 4.96. The smallest absolute Gasteiger partial charge is 0.216 e. The maximum Gasteiger partial charge on any atom is 0.216 e. The number of carbonyl (C=O) groups excluding carboxylic acids is 1. The molecule has 0 aliphatic heterocycles. The first kappa shape index (κ1) is 16.7. The largest absolute Gasteiger partial charge is 0.356 e. The van der Waals surface area contributed by atoms with Crippen molar-refractivity contribution in [3.8, 4) is 0 Å². The Labute approximate surface area is 121 Å². The van der Waals surface area contributed by atoms with E-state index in [1.54, 1.807) is 12.1 Å². The van der Waals surface area contributed by atoms with Gasteiger partial charge in [-0.1, -0.05) is 32.9 Å². The molecule has 1 N–H and O–H groups in total. The zero-order valence-corrected chi connectivity index (χ0v) is 13.4. The number of hydrogen-bond acceptors (Lipinski definition) is 3. The zero-order valence-electron chi connectivity index (χ0n) is 12.6. The molecule has 1 rings (SSSR count). The van der Waals surface area contributed by atoms with Crippen LogP contribution in [0.3, 0.4) is 0 Å². The highest BCUT2D eigenvalue weighted by Gasteiger charge is 2.17. The van der Waals surface area contributed by atoms with Gasteiger partial charge in [-0.25, -0.2) is 8.42 Å². The van der Waals surface area contributed by atoms with Gasteiger partial charge in [-0.05, 0) is 29.5 Å². The molecule has 0 aliphatic rings. The second-order valence-electron chi connectivity index (χ2n) is 5.93. The van der Waals surface area contributed by atoms with Crippen LogP contribution in [0.15, 0.2) is 29.2 Å². The molecule has 0 heterocycles. The highest BCUT2D eigenvalue weighted by atomic mass is 32.2. The van der Waals surface area contributed by atoms with E-state index in [1.807, 2.05) is 12.1 Å². The van der Waals surface area contributed by atoms with Gasteiger partial charge in [-0.15, -0.1) is 0 Å². The first-order valence-electron chi connectivity index (χ1n) is 6.71. The van der Waals surface area contributed by atoms with Crippen molar-refractivity contribution in [1.82, 2.24) is 5.32 Å². The van der Waals surface area contributed by atoms with E-state index in [9.17, 15) is 13.2 Å². The van der Waals surface area contributed by atoms with Gasteiger partial charge in [-0.3, -0.25) is 4.79 Å². The molecule has 1 aromatic carbocycles. The van der Waals surface area contributed by atoms with Crippen molar-refractivity contribution in [2.45, 2.75) is 44.4 Å². The number of carbonyl (C=O) groups is 1. The van der Waals surface area contributed by atoms with Gasteiger partial charge in [0.25, 0.3) is 0 Å². The normalized spacial score (nSPS) is 12.2. The third-order valence-corrected chi connectivity index (χ3v) is 4.86. The molecule has 0 saturated carbocycles. The molecule has 0 atom stereocenters. The quantitative estimate of drug-likeness (QED) is 0.848. The highest BCUT2D eigenvalue weighted by Crippen LogP contribution is 2.23. The summed E-state index contributed by atoms with van der Waals surface area (Å²) in [5, 5.41) is 2.60. The summed E-state index contributed by atoms with van der Waals surface area (Å²) in [6, 6.07) is 7.05. The Hall–Kier alpha value is -1.36. The number of rotatable bonds is 5. The van der Waals surface area contributed by atoms with Crippen molar-refractivity contribution in [2.75, 3.05) is 12.3 Å². The van der Waals surface area contributed by atoms with Gasteiger partial charge < -0.3 is 5.32 Å². The Kier molecular flexibility index (Phi) is 5.34. The standard InChI is InChI=1S/C15H23NO3S/c1-12(17)16-10-5-11-20(18,19)14-8-6-13(7-9-14)15(2,3)4/h6-9H,5,10-11H2,1-4H3,(H,16,17). The van der Waals surface area contributed by atoms with Gasteiger partial charge in [0, 0.05) is 13.5 Å². The van der Waals surface area contributed by atoms with Gasteiger partial charge in [0.05, 0.1) is 10.6 Å². The Morgan fingerprint density at radius 1 is 1.15 bits per heavy atom. The molecule has 1 amide bonds. The molecule has 1 aromatic rings. The van der Waals surface area contributed by atoms with Gasteiger partial charge in [-0.2, -0.15) is 0 Å². The predicted molar refractivity (Wildman–Crippen MR) is 80.5 cm³/mol. The lowest BCUT2D eigenvalue weighted by Crippen LogP contribution is -2.23. The molecule has 0 aromatic heterocycles. The summed E-state index contributed by atoms with van der Waals surface area (Å²) in [5.41, 5.74) is 1.11. The number of benzene rings is 1. The summed E-state index contributed by atoms with van der Waals surface area (Å²) in [6.07, 6.45) is 0.420. The van der Waals surface area contributed by atoms with Crippen molar-refractivity contribution in [1.29, 1.82) is 0 Å². The fraction of sp³-hybridized carbons (Fsp3) is 0.533. The minimum atomic E-state index is -3.27. The van der Waals surface area contributed by atoms with Crippen LogP contribution in [0, 0.1) is 0 Å². The van der Waals surface area contributed by atoms with Crippen molar-refractivity contribution in [3.63, 3.8) is 0 Å². The fourth-order valence-corrected chi connectivity index (χ4v) is 3.12. The molecular formula is C15H23NO3S. The maximum atomic E-state index is 12.1. The van der Waals surface area contributed by atoms with Crippen LogP contribution in [-0.4, -0.2) is 26.6 Å². The topological polar surface area (TPSA) is 63.2 Å². The van der Waals surface area contributed by atoms with E-state index in [1.165, 1.54) is 6.92 Å². The number of nitrogens with one attached hydrogen (secondary N) is 1. The maximum absolute atomic E-state index is 12.1. The van der Waals surface area contributed by atoms with Gasteiger partial charge >= 0.3 is 0 Å². The highest BCUT2D eigenvalue weighted by molar-refractivity contribution is 7.91. The van der Waals surface area contributed by atoms with E-state index >= 15 is 0 Å². The van der Waals surface area contributed by atoms with Crippen molar-refractivity contribution in [3.05, 3.63) is 29.8 Å². The number of sulfone groups is 1. The summed E-state index contributed by atoms with van der Waals surface area (Å²) in [7, 11) is -3.27. The molecule has 0 fully saturated rings. The lowest BCUT2D eigenvalue weighted by Gasteiger charge is -2.19. The molecular weight excluding hydrogens is 274 g/mol. The minimum absolute atomic E-state index is 0.00764. The van der Waals surface area contributed by atoms with Crippen LogP contribution in [0.4, 0.5) is 0 Å². The van der Waals surface area contributed by atoms with E-state index in [-0.39, 0.29) is 17.1 Å². The minimum Gasteiger partial charge on any atom is -0.356 e. The van der Waals surface area contributed by atoms with E-state index in [0.29, 0.717) is 17.9 Å². The van der Waals surface area contributed by atoms with Crippen LogP contribution < -0.4 is 5.32 Å². The third-order valence-electron chi connectivity index (χ3n) is 3.04. The van der Waals surface area contributed by atoms with Crippen molar-refractivity contribution < 1.29 is 13.2 Å². The molecule has 0 radical (unpaired) electrons. The molecule has 4 nitrogen and oxygen atoms in total. The van der Waals surface area contributed by atoms with Crippen LogP contribution in [0.1, 0.15) is 39.7 Å². The van der Waals surface area contributed by atoms with E-state index in [2.05, 4.69) is 26.1 Å². The Balaban J connectivity index is 2.71. The van der Waals surface area contributed by atoms with Crippen LogP contribution in [0.5, 0.6) is 0 Å². The average Bonchev–Trinajstić information content (AvgIpc) is 2.34. The second kappa shape index (κ2) is 6.39. The second-order valence-corrected chi connectivity index (χ2v) is 8.04. The molecule has 20 heavy (non-hydrogen) atoms. The molecule has 0 bridgehead atoms. The molecule has 5 heteroatoms. The van der Waals surface area contributed by atoms with E-state index in [0.717, 1.165) is 5.56 Å². The number of amides is 1. The summed E-state index contributed by atoms with van der Waals surface area (Å²) in [4.78, 5) is 11.1. The van der Waals surface area contributed by atoms with Crippen molar-refractivity contribution >= 4 is 15.7 Å². The Morgan fingerprint density at radius 3 is 2.15 bits per heavy atom. The number of hydrogen-bond donors (Lipinski definition) is 1. The summed E-state index contributed by atoms with van der Waals surface area (Å²) < 4.78 is 24.3. The SMILES string of the molecule is CC(=O)NCCCS(=O)(=O)c1ccc(C(C)(C)C)cc1. The Morgan fingerprint density at radius 2 is 1.70 bits per heavy atom. The molecule has 112 valence electrons. The summed E-state index contributed by atoms with van der Waals surface area (Å²) >= 11 is 0. The lowest BCUT2D eigenvalue weighted by atomic mass is 9.87. The summed E-state index contributed by atoms with van der Waals surface area (Å²) in [5.74, 6) is -0.0979. The van der Waals surface area contributed by atoms with Crippen LogP contribution in [0.25, 0.3) is 0 Å². The summed E-state index contributed by atoms with van der Waals surface area (Å²) in [6.45, 7) is 8.06. The lowest BCUT2D eigenvalue weighted by molar-refractivity contribution is -0.118. The predicted octanol–water partition coefficient (Wildman–Crippen LogP) is 2.28. The van der Waals surface area contributed by atoms with Crippen LogP contribution in [-0.2, 0) is 20.0 Å². The first-order valence-corrected chi connectivity index (χ1v) is 8.36. The van der Waals surface area contributed by atoms with E-state index in [4.69, 9.17) is 0 Å². The fourth-order valence-electron chi connectivity index (χ4n) is 1.81. The van der Waals surface area contributed by atoms with Crippen molar-refractivity contribution in [2.24, 2.45) is 0 Å². The zero-order chi connectivity index (χ0) is 15.4. The van der Waals surface area contributed by atoms with Gasteiger partial charge in [0.1, 0.15) is 0 Å². The Bertz CT molecular complexity index is 554. The van der Waals surface area contributed by atoms with E-state index < -0.39 is 9.84 Å².